The van der Waals surface area contributed by atoms with Crippen LogP contribution in [0.2, 0.25) is 0 Å². The lowest BCUT2D eigenvalue weighted by Gasteiger charge is -2.29. The van der Waals surface area contributed by atoms with E-state index < -0.39 is 5.54 Å². The quantitative estimate of drug-likeness (QED) is 0.754. The molecule has 1 unspecified atom stereocenters. The van der Waals surface area contributed by atoms with E-state index in [1.165, 1.54) is 26.0 Å². The predicted molar refractivity (Wildman–Crippen MR) is 79.4 cm³/mol. The highest BCUT2D eigenvalue weighted by atomic mass is 16.5. The molecule has 1 aromatic rings. The van der Waals surface area contributed by atoms with E-state index in [-0.39, 0.29) is 11.7 Å². The maximum Gasteiger partial charge on any atom is 0.330 e. The van der Waals surface area contributed by atoms with Gasteiger partial charge >= 0.3 is 5.97 Å². The Morgan fingerprint density at radius 1 is 1.48 bits per heavy atom. The molecule has 5 heteroatoms. The van der Waals surface area contributed by atoms with Crippen molar-refractivity contribution in [2.24, 2.45) is 5.92 Å². The number of methoxy groups -OCH3 is 1. The van der Waals surface area contributed by atoms with E-state index in [0.717, 1.165) is 12.1 Å². The molecule has 2 N–H and O–H groups in total. The molecular formula is C16H23NO4. The Morgan fingerprint density at radius 2 is 2.19 bits per heavy atom. The molecule has 1 fully saturated rings. The van der Waals surface area contributed by atoms with Crippen LogP contribution >= 0.6 is 0 Å². The Kier molecular flexibility index (Phi) is 4.73. The van der Waals surface area contributed by atoms with E-state index in [0.29, 0.717) is 18.3 Å². The minimum absolute atomic E-state index is 0.0506. The number of ether oxygens (including phenoxy) is 2. The first-order valence-corrected chi connectivity index (χ1v) is 7.31. The number of phenols is 1. The second-order valence-corrected chi connectivity index (χ2v) is 5.56. The molecule has 1 atom stereocenters. The van der Waals surface area contributed by atoms with E-state index >= 15 is 0 Å². The zero-order chi connectivity index (χ0) is 15.5. The molecule has 0 heterocycles. The Labute approximate surface area is 125 Å². The number of rotatable bonds is 7. The SMILES string of the molecule is CCOC(=O)C(C)(NCC1CC1)c1ccc(O)c(OC)c1. The minimum atomic E-state index is -0.945. The second-order valence-electron chi connectivity index (χ2n) is 5.56. The van der Waals surface area contributed by atoms with Crippen molar-refractivity contribution in [3.63, 3.8) is 0 Å². The normalized spacial score (nSPS) is 17.1. The summed E-state index contributed by atoms with van der Waals surface area (Å²) in [4.78, 5) is 12.4. The third-order valence-corrected chi connectivity index (χ3v) is 3.88. The van der Waals surface area contributed by atoms with Crippen molar-refractivity contribution >= 4 is 5.97 Å². The van der Waals surface area contributed by atoms with Crippen LogP contribution in [-0.2, 0) is 15.1 Å². The lowest BCUT2D eigenvalue weighted by Crippen LogP contribution is -2.48. The minimum Gasteiger partial charge on any atom is -0.504 e. The summed E-state index contributed by atoms with van der Waals surface area (Å²) in [6.07, 6.45) is 2.40. The number of hydrogen-bond donors (Lipinski definition) is 2. The maximum atomic E-state index is 12.4. The van der Waals surface area contributed by atoms with Crippen LogP contribution in [0.3, 0.4) is 0 Å². The fraction of sp³-hybridized carbons (Fsp3) is 0.562. The summed E-state index contributed by atoms with van der Waals surface area (Å²) in [7, 11) is 1.48. The Balaban J connectivity index is 2.30. The molecule has 0 saturated heterocycles. The molecule has 0 amide bonds. The third kappa shape index (κ3) is 3.47. The van der Waals surface area contributed by atoms with Crippen molar-refractivity contribution < 1.29 is 19.4 Å². The summed E-state index contributed by atoms with van der Waals surface area (Å²) in [6.45, 7) is 4.70. The Bertz CT molecular complexity index is 513. The summed E-state index contributed by atoms with van der Waals surface area (Å²) in [5, 5.41) is 13.0. The number of phenolic OH excluding ortho intramolecular Hbond substituents is 1. The highest BCUT2D eigenvalue weighted by Gasteiger charge is 2.38. The topological polar surface area (TPSA) is 67.8 Å². The van der Waals surface area contributed by atoms with Gasteiger partial charge in [-0.25, -0.2) is 4.79 Å². The van der Waals surface area contributed by atoms with Crippen LogP contribution < -0.4 is 10.1 Å². The second kappa shape index (κ2) is 6.35. The number of carbonyl (C=O) groups excluding carboxylic acids is 1. The van der Waals surface area contributed by atoms with Gasteiger partial charge in [0.2, 0.25) is 0 Å². The number of hydrogen-bond acceptors (Lipinski definition) is 5. The summed E-state index contributed by atoms with van der Waals surface area (Å²) in [5.74, 6) is 0.710. The zero-order valence-electron chi connectivity index (χ0n) is 12.8. The molecule has 5 nitrogen and oxygen atoms in total. The van der Waals surface area contributed by atoms with Gasteiger partial charge in [0.05, 0.1) is 13.7 Å². The first-order valence-electron chi connectivity index (χ1n) is 7.31. The fourth-order valence-electron chi connectivity index (χ4n) is 2.23. The van der Waals surface area contributed by atoms with Gasteiger partial charge in [0.1, 0.15) is 5.54 Å². The van der Waals surface area contributed by atoms with Gasteiger partial charge < -0.3 is 14.6 Å². The number of benzene rings is 1. The zero-order valence-corrected chi connectivity index (χ0v) is 12.8. The predicted octanol–water partition coefficient (Wildman–Crippen LogP) is 2.18. The lowest BCUT2D eigenvalue weighted by atomic mass is 9.91. The van der Waals surface area contributed by atoms with E-state index in [1.807, 2.05) is 0 Å². The van der Waals surface area contributed by atoms with Crippen molar-refractivity contribution in [3.05, 3.63) is 23.8 Å². The van der Waals surface area contributed by atoms with Crippen LogP contribution in [0, 0.1) is 5.92 Å². The monoisotopic (exact) mass is 293 g/mol. The summed E-state index contributed by atoms with van der Waals surface area (Å²) >= 11 is 0. The summed E-state index contributed by atoms with van der Waals surface area (Å²) < 4.78 is 10.3. The molecule has 1 aliphatic carbocycles. The van der Waals surface area contributed by atoms with Crippen LogP contribution in [0.15, 0.2) is 18.2 Å². The Hall–Kier alpha value is -1.75. The van der Waals surface area contributed by atoms with Crippen molar-refractivity contribution in [3.8, 4) is 11.5 Å². The van der Waals surface area contributed by atoms with Gasteiger partial charge in [-0.3, -0.25) is 5.32 Å². The van der Waals surface area contributed by atoms with Crippen LogP contribution in [0.5, 0.6) is 11.5 Å². The number of aromatic hydroxyl groups is 1. The standard InChI is InChI=1S/C16H23NO4/c1-4-21-15(19)16(2,17-10-11-5-6-11)12-7-8-13(18)14(9-12)20-3/h7-9,11,17-18H,4-6,10H2,1-3H3. The van der Waals surface area contributed by atoms with Crippen molar-refractivity contribution in [1.29, 1.82) is 0 Å². The van der Waals surface area contributed by atoms with Gasteiger partial charge in [-0.05, 0) is 56.8 Å². The summed E-state index contributed by atoms with van der Waals surface area (Å²) in [6, 6.07) is 4.92. The molecule has 2 rings (SSSR count). The smallest absolute Gasteiger partial charge is 0.330 e. The number of nitrogens with one attached hydrogen (secondary N) is 1. The van der Waals surface area contributed by atoms with Crippen LogP contribution in [0.25, 0.3) is 0 Å². The molecule has 1 aliphatic rings. The first-order chi connectivity index (χ1) is 10.0. The van der Waals surface area contributed by atoms with Gasteiger partial charge in [-0.1, -0.05) is 6.07 Å². The van der Waals surface area contributed by atoms with Crippen LogP contribution in [0.1, 0.15) is 32.3 Å². The first kappa shape index (κ1) is 15.6. The molecule has 0 bridgehead atoms. The largest absolute Gasteiger partial charge is 0.504 e. The fourth-order valence-corrected chi connectivity index (χ4v) is 2.23. The lowest BCUT2D eigenvalue weighted by molar-refractivity contribution is -0.151. The van der Waals surface area contributed by atoms with E-state index in [9.17, 15) is 9.90 Å². The van der Waals surface area contributed by atoms with E-state index in [4.69, 9.17) is 9.47 Å². The molecule has 0 spiro atoms. The highest BCUT2D eigenvalue weighted by Crippen LogP contribution is 2.34. The molecular weight excluding hydrogens is 270 g/mol. The average Bonchev–Trinajstić information content (AvgIpc) is 3.29. The maximum absolute atomic E-state index is 12.4. The Morgan fingerprint density at radius 3 is 2.76 bits per heavy atom. The molecule has 0 radical (unpaired) electrons. The van der Waals surface area contributed by atoms with Gasteiger partial charge in [0.25, 0.3) is 0 Å². The molecule has 21 heavy (non-hydrogen) atoms. The molecule has 0 aliphatic heterocycles. The third-order valence-electron chi connectivity index (χ3n) is 3.88. The van der Waals surface area contributed by atoms with E-state index in [2.05, 4.69) is 5.32 Å². The summed E-state index contributed by atoms with van der Waals surface area (Å²) in [5.41, 5.74) is -0.226. The van der Waals surface area contributed by atoms with Crippen LogP contribution in [-0.4, -0.2) is 31.3 Å². The average molecular weight is 293 g/mol. The number of carbonyl (C=O) groups is 1. The van der Waals surface area contributed by atoms with Crippen molar-refractivity contribution in [2.75, 3.05) is 20.3 Å². The molecule has 116 valence electrons. The van der Waals surface area contributed by atoms with Gasteiger partial charge in [-0.2, -0.15) is 0 Å². The molecule has 1 saturated carbocycles. The van der Waals surface area contributed by atoms with Crippen molar-refractivity contribution in [1.82, 2.24) is 5.32 Å². The molecule has 0 aromatic heterocycles. The van der Waals surface area contributed by atoms with Crippen molar-refractivity contribution in [2.45, 2.75) is 32.2 Å². The highest BCUT2D eigenvalue weighted by molar-refractivity contribution is 5.82. The van der Waals surface area contributed by atoms with Gasteiger partial charge in [-0.15, -0.1) is 0 Å². The van der Waals surface area contributed by atoms with Crippen LogP contribution in [0.4, 0.5) is 0 Å². The number of esters is 1. The van der Waals surface area contributed by atoms with E-state index in [1.54, 1.807) is 26.0 Å². The van der Waals surface area contributed by atoms with Gasteiger partial charge in [0.15, 0.2) is 11.5 Å². The molecule has 1 aromatic carbocycles. The van der Waals surface area contributed by atoms with Gasteiger partial charge in [0, 0.05) is 0 Å².